The number of para-hydroxylation sites is 2. The van der Waals surface area contributed by atoms with Crippen LogP contribution in [-0.2, 0) is 24.3 Å². The van der Waals surface area contributed by atoms with Gasteiger partial charge in [0.05, 0.1) is 11.4 Å². The second-order valence-electron chi connectivity index (χ2n) is 8.22. The van der Waals surface area contributed by atoms with Gasteiger partial charge in [0.2, 0.25) is 5.91 Å². The molecule has 2 aromatic heterocycles. The average Bonchev–Trinajstić information content (AvgIpc) is 2.74. The SMILES string of the molecule is Cn1c(=O)c2c(SCC(=O)Nc3ccccc3OC(F)F)nc(C(C)(C)C)nc2n(C)c1=O. The number of nitrogens with zero attached hydrogens (tertiary/aromatic N) is 4. The molecule has 1 amide bonds. The number of carbonyl (C=O) groups is 1. The van der Waals surface area contributed by atoms with Crippen LogP contribution in [0.4, 0.5) is 14.5 Å². The van der Waals surface area contributed by atoms with E-state index in [9.17, 15) is 23.2 Å². The Bertz CT molecular complexity index is 1330. The van der Waals surface area contributed by atoms with Gasteiger partial charge in [-0.3, -0.25) is 18.7 Å². The summed E-state index contributed by atoms with van der Waals surface area (Å²) in [6.07, 6.45) is 0. The molecule has 176 valence electrons. The summed E-state index contributed by atoms with van der Waals surface area (Å²) in [5, 5.41) is 2.89. The minimum Gasteiger partial charge on any atom is -0.433 e. The maximum absolute atomic E-state index is 12.8. The number of aromatic nitrogens is 4. The summed E-state index contributed by atoms with van der Waals surface area (Å²) in [6, 6.07) is 5.82. The number of hydrogen-bond acceptors (Lipinski definition) is 7. The van der Waals surface area contributed by atoms with Crippen LogP contribution in [0.3, 0.4) is 0 Å². The Morgan fingerprint density at radius 2 is 1.82 bits per heavy atom. The van der Waals surface area contributed by atoms with Gasteiger partial charge in [-0.25, -0.2) is 14.8 Å². The first-order valence-corrected chi connectivity index (χ1v) is 10.8. The third kappa shape index (κ3) is 5.21. The van der Waals surface area contributed by atoms with Crippen LogP contribution in [0.5, 0.6) is 5.75 Å². The van der Waals surface area contributed by atoms with Crippen LogP contribution >= 0.6 is 11.8 Å². The van der Waals surface area contributed by atoms with Crippen molar-refractivity contribution in [2.24, 2.45) is 14.1 Å². The molecule has 2 heterocycles. The second kappa shape index (κ2) is 9.30. The van der Waals surface area contributed by atoms with Crippen LogP contribution in [0, 0.1) is 0 Å². The van der Waals surface area contributed by atoms with Crippen molar-refractivity contribution in [1.29, 1.82) is 0 Å². The molecule has 33 heavy (non-hydrogen) atoms. The molecule has 0 unspecified atom stereocenters. The quantitative estimate of drug-likeness (QED) is 0.428. The number of ether oxygens (including phenoxy) is 1. The number of halogens is 2. The van der Waals surface area contributed by atoms with Crippen molar-refractivity contribution in [2.75, 3.05) is 11.1 Å². The first kappa shape index (κ1) is 24.4. The van der Waals surface area contributed by atoms with Crippen LogP contribution < -0.4 is 21.3 Å². The minimum absolute atomic E-state index is 0.0876. The fourth-order valence-corrected chi connectivity index (χ4v) is 3.77. The van der Waals surface area contributed by atoms with Gasteiger partial charge in [-0.2, -0.15) is 8.78 Å². The lowest BCUT2D eigenvalue weighted by Crippen LogP contribution is -2.38. The lowest BCUT2D eigenvalue weighted by Gasteiger charge is -2.19. The summed E-state index contributed by atoms with van der Waals surface area (Å²) in [4.78, 5) is 46.7. The molecule has 0 aliphatic carbocycles. The molecule has 1 N–H and O–H groups in total. The summed E-state index contributed by atoms with van der Waals surface area (Å²) < 4.78 is 31.9. The highest BCUT2D eigenvalue weighted by Crippen LogP contribution is 2.28. The van der Waals surface area contributed by atoms with Crippen LogP contribution in [0.1, 0.15) is 26.6 Å². The minimum atomic E-state index is -3.04. The molecule has 0 saturated carbocycles. The Morgan fingerprint density at radius 1 is 1.15 bits per heavy atom. The number of benzene rings is 1. The van der Waals surface area contributed by atoms with Gasteiger partial charge in [-0.15, -0.1) is 0 Å². The van der Waals surface area contributed by atoms with Crippen LogP contribution in [0.2, 0.25) is 0 Å². The number of fused-ring (bicyclic) bond motifs is 1. The van der Waals surface area contributed by atoms with Crippen molar-refractivity contribution in [2.45, 2.75) is 37.8 Å². The van der Waals surface area contributed by atoms with Crippen molar-refractivity contribution >= 4 is 34.4 Å². The number of thioether (sulfide) groups is 1. The van der Waals surface area contributed by atoms with Crippen molar-refractivity contribution in [3.63, 3.8) is 0 Å². The maximum atomic E-state index is 12.8. The van der Waals surface area contributed by atoms with E-state index >= 15 is 0 Å². The molecule has 12 heteroatoms. The zero-order chi connectivity index (χ0) is 24.5. The number of amides is 1. The van der Waals surface area contributed by atoms with Crippen LogP contribution in [0.15, 0.2) is 38.9 Å². The smallest absolute Gasteiger partial charge is 0.387 e. The Hall–Kier alpha value is -3.28. The van der Waals surface area contributed by atoms with Gasteiger partial charge in [0, 0.05) is 19.5 Å². The molecule has 1 aromatic carbocycles. The van der Waals surface area contributed by atoms with Crippen LogP contribution in [-0.4, -0.2) is 37.4 Å². The lowest BCUT2D eigenvalue weighted by atomic mass is 9.96. The van der Waals surface area contributed by atoms with E-state index in [0.717, 1.165) is 16.3 Å². The molecular weight excluding hydrogens is 456 g/mol. The zero-order valence-corrected chi connectivity index (χ0v) is 19.5. The highest BCUT2D eigenvalue weighted by Gasteiger charge is 2.24. The van der Waals surface area contributed by atoms with Gasteiger partial charge in [0.25, 0.3) is 5.56 Å². The molecule has 0 aliphatic rings. The fraction of sp³-hybridized carbons (Fsp3) is 0.381. The van der Waals surface area contributed by atoms with E-state index in [0.29, 0.717) is 5.82 Å². The number of anilines is 1. The Labute approximate surface area is 191 Å². The zero-order valence-electron chi connectivity index (χ0n) is 18.7. The molecule has 0 bridgehead atoms. The molecule has 0 fully saturated rings. The number of alkyl halides is 2. The van der Waals surface area contributed by atoms with Crippen LogP contribution in [0.25, 0.3) is 11.0 Å². The average molecular weight is 480 g/mol. The summed E-state index contributed by atoms with van der Waals surface area (Å²) >= 11 is 0.984. The first-order chi connectivity index (χ1) is 15.4. The lowest BCUT2D eigenvalue weighted by molar-refractivity contribution is -0.113. The van der Waals surface area contributed by atoms with Crippen molar-refractivity contribution in [3.8, 4) is 5.75 Å². The monoisotopic (exact) mass is 479 g/mol. The van der Waals surface area contributed by atoms with E-state index in [-0.39, 0.29) is 33.2 Å². The molecule has 0 saturated heterocycles. The molecule has 9 nitrogen and oxygen atoms in total. The fourth-order valence-electron chi connectivity index (χ4n) is 2.96. The van der Waals surface area contributed by atoms with E-state index in [1.54, 1.807) is 6.07 Å². The number of nitrogens with one attached hydrogen (secondary N) is 1. The first-order valence-electron chi connectivity index (χ1n) is 9.85. The topological polar surface area (TPSA) is 108 Å². The molecule has 0 spiro atoms. The van der Waals surface area contributed by atoms with E-state index in [4.69, 9.17) is 0 Å². The number of hydrogen-bond donors (Lipinski definition) is 1. The van der Waals surface area contributed by atoms with Gasteiger partial charge >= 0.3 is 12.3 Å². The highest BCUT2D eigenvalue weighted by atomic mass is 32.2. The highest BCUT2D eigenvalue weighted by molar-refractivity contribution is 8.00. The number of aryl methyl sites for hydroxylation is 1. The summed E-state index contributed by atoms with van der Waals surface area (Å²) in [7, 11) is 2.85. The van der Waals surface area contributed by atoms with E-state index < -0.39 is 29.2 Å². The van der Waals surface area contributed by atoms with Gasteiger partial charge < -0.3 is 10.1 Å². The Balaban J connectivity index is 1.97. The summed E-state index contributed by atoms with van der Waals surface area (Å²) in [6.45, 7) is 2.61. The maximum Gasteiger partial charge on any atom is 0.387 e. The molecule has 0 radical (unpaired) electrons. The second-order valence-corrected chi connectivity index (χ2v) is 9.18. The number of carbonyl (C=O) groups excluding carboxylic acids is 1. The normalized spacial score (nSPS) is 11.8. The van der Waals surface area contributed by atoms with Gasteiger partial charge in [-0.05, 0) is 12.1 Å². The third-order valence-corrected chi connectivity index (χ3v) is 5.63. The van der Waals surface area contributed by atoms with Crippen molar-refractivity contribution in [1.82, 2.24) is 19.1 Å². The molecular formula is C21H23F2N5O4S. The molecule has 0 aliphatic heterocycles. The molecule has 0 atom stereocenters. The van der Waals surface area contributed by atoms with Crippen molar-refractivity contribution in [3.05, 3.63) is 50.9 Å². The standard InChI is InChI=1S/C21H23F2N5O4S/c1-21(2,3)18-25-15-14(17(30)28(5)20(31)27(15)4)16(26-18)33-10-13(29)24-11-8-6-7-9-12(11)32-19(22)23/h6-9,19H,10H2,1-5H3,(H,24,29). The van der Waals surface area contributed by atoms with Gasteiger partial charge in [0.1, 0.15) is 22.0 Å². The number of rotatable bonds is 6. The summed E-state index contributed by atoms with van der Waals surface area (Å²) in [5.41, 5.74) is -1.34. The summed E-state index contributed by atoms with van der Waals surface area (Å²) in [5.74, 6) is -0.463. The van der Waals surface area contributed by atoms with E-state index in [1.807, 2.05) is 20.8 Å². The molecule has 3 rings (SSSR count). The van der Waals surface area contributed by atoms with Gasteiger partial charge in [-0.1, -0.05) is 44.7 Å². The molecule has 3 aromatic rings. The predicted octanol–water partition coefficient (Wildman–Crippen LogP) is 2.66. The van der Waals surface area contributed by atoms with Crippen molar-refractivity contribution < 1.29 is 18.3 Å². The predicted molar refractivity (Wildman–Crippen MR) is 121 cm³/mol. The van der Waals surface area contributed by atoms with E-state index in [1.165, 1.54) is 36.9 Å². The largest absolute Gasteiger partial charge is 0.433 e. The Morgan fingerprint density at radius 3 is 2.45 bits per heavy atom. The van der Waals surface area contributed by atoms with E-state index in [2.05, 4.69) is 20.0 Å². The van der Waals surface area contributed by atoms with Gasteiger partial charge in [0.15, 0.2) is 5.65 Å². The third-order valence-electron chi connectivity index (χ3n) is 4.65. The Kier molecular flexibility index (Phi) is 6.86.